The van der Waals surface area contributed by atoms with Gasteiger partial charge in [-0.25, -0.2) is 8.42 Å². The molecule has 3 aromatic carbocycles. The number of nitrogens with one attached hydrogen (secondary N) is 1. The molecule has 0 aliphatic carbocycles. The maximum atomic E-state index is 12.7. The summed E-state index contributed by atoms with van der Waals surface area (Å²) in [6.07, 6.45) is 0. The second-order valence-electron chi connectivity index (χ2n) is 6.05. The lowest BCUT2D eigenvalue weighted by Gasteiger charge is -2.09. The first-order chi connectivity index (χ1) is 12.5. The minimum absolute atomic E-state index is 0.170. The van der Waals surface area contributed by atoms with Gasteiger partial charge in [0.15, 0.2) is 0 Å². The Labute approximate surface area is 164 Å². The average molecular weight is 474 g/mol. The van der Waals surface area contributed by atoms with Crippen LogP contribution in [0, 0.1) is 6.92 Å². The summed E-state index contributed by atoms with van der Waals surface area (Å²) in [5, 5.41) is 0. The predicted octanol–water partition coefficient (Wildman–Crippen LogP) is 1.72. The van der Waals surface area contributed by atoms with Crippen molar-refractivity contribution in [2.24, 2.45) is 0 Å². The summed E-state index contributed by atoms with van der Waals surface area (Å²) in [5.74, 6) is 0. The molecule has 0 bridgehead atoms. The van der Waals surface area contributed by atoms with Crippen LogP contribution in [0.3, 0.4) is 0 Å². The summed E-state index contributed by atoms with van der Waals surface area (Å²) in [6, 6.07) is 24.8. The number of halogens is 1. The van der Waals surface area contributed by atoms with Gasteiger partial charge < -0.3 is 0 Å². The Morgan fingerprint density at radius 2 is 1.42 bits per heavy atom. The number of para-hydroxylation sites is 1. The fourth-order valence-electron chi connectivity index (χ4n) is 2.69. The van der Waals surface area contributed by atoms with Crippen LogP contribution in [0.2, 0.25) is 0 Å². The van der Waals surface area contributed by atoms with Gasteiger partial charge in [0.05, 0.1) is 16.1 Å². The maximum Gasteiger partial charge on any atom is 0.369 e. The highest BCUT2D eigenvalue weighted by Crippen LogP contribution is 2.28. The lowest BCUT2D eigenvalue weighted by molar-refractivity contribution is -0.391. The third kappa shape index (κ3) is 3.54. The fourth-order valence-corrected chi connectivity index (χ4v) is 6.21. The van der Waals surface area contributed by atoms with Crippen LogP contribution in [0.25, 0.3) is 7.16 Å². The zero-order chi connectivity index (χ0) is 18.1. The average Bonchev–Trinajstić information content (AvgIpc) is 3.44. The fraction of sp³-hybridized carbons (Fsp3) is 0.0476. The zero-order valence-corrected chi connectivity index (χ0v) is 17.1. The van der Waals surface area contributed by atoms with Crippen molar-refractivity contribution in [2.75, 3.05) is 4.72 Å². The smallest absolute Gasteiger partial charge is 0.279 e. The van der Waals surface area contributed by atoms with Gasteiger partial charge in [-0.15, -0.1) is 0 Å². The third-order valence-electron chi connectivity index (χ3n) is 4.11. The number of aryl methyl sites for hydroxylation is 1. The van der Waals surface area contributed by atoms with E-state index in [1.54, 1.807) is 12.1 Å². The Balaban J connectivity index is 1.67. The molecule has 0 atom stereocenters. The molecule has 0 saturated heterocycles. The SMILES string of the molecule is Cc1ccc(S(=O)(=O)Nc2ccccc2C2=C(c3ccccc3)[I+]2)cc1. The van der Waals surface area contributed by atoms with Gasteiger partial charge in [-0.05, 0) is 31.2 Å². The number of benzene rings is 3. The zero-order valence-electron chi connectivity index (χ0n) is 14.1. The van der Waals surface area contributed by atoms with E-state index < -0.39 is 10.0 Å². The molecule has 4 rings (SSSR count). The van der Waals surface area contributed by atoms with E-state index in [-0.39, 0.29) is 26.1 Å². The standard InChI is InChI=1S/C21H17INO2S/c1-15-11-13-17(14-12-15)26(24,25)23-19-10-6-5-9-18(19)21-20(22-21)16-7-3-2-4-8-16/h2-14,23H,1H3/q+1. The van der Waals surface area contributed by atoms with Crippen LogP contribution in [0.1, 0.15) is 16.7 Å². The molecule has 0 fully saturated rings. The van der Waals surface area contributed by atoms with Crippen molar-refractivity contribution in [1.29, 1.82) is 0 Å². The Morgan fingerprint density at radius 1 is 0.769 bits per heavy atom. The Morgan fingerprint density at radius 3 is 2.15 bits per heavy atom. The van der Waals surface area contributed by atoms with Gasteiger partial charge in [0, 0.05) is 5.56 Å². The minimum Gasteiger partial charge on any atom is -0.279 e. The van der Waals surface area contributed by atoms with Crippen LogP contribution >= 0.6 is 0 Å². The number of rotatable bonds is 5. The van der Waals surface area contributed by atoms with E-state index in [0.717, 1.165) is 11.1 Å². The lowest BCUT2D eigenvalue weighted by Crippen LogP contribution is -3.48. The molecule has 0 saturated carbocycles. The van der Waals surface area contributed by atoms with Gasteiger partial charge in [0.2, 0.25) is 0 Å². The van der Waals surface area contributed by atoms with Crippen molar-refractivity contribution >= 4 is 22.9 Å². The molecule has 0 radical (unpaired) electrons. The molecule has 26 heavy (non-hydrogen) atoms. The van der Waals surface area contributed by atoms with Crippen molar-refractivity contribution in [3.8, 4) is 0 Å². The van der Waals surface area contributed by atoms with Gasteiger partial charge in [-0.1, -0.05) is 60.2 Å². The van der Waals surface area contributed by atoms with Crippen LogP contribution in [0.4, 0.5) is 5.69 Å². The number of hydrogen-bond donors (Lipinski definition) is 1. The molecule has 3 aromatic rings. The van der Waals surface area contributed by atoms with Gasteiger partial charge in [0.1, 0.15) is 0 Å². The molecule has 0 aromatic heterocycles. The second kappa shape index (κ2) is 6.89. The van der Waals surface area contributed by atoms with E-state index in [1.807, 2.05) is 61.5 Å². The van der Waals surface area contributed by atoms with E-state index in [2.05, 4.69) is 16.9 Å². The highest BCUT2D eigenvalue weighted by Gasteiger charge is 2.48. The molecule has 1 aliphatic rings. The third-order valence-corrected chi connectivity index (χ3v) is 8.32. The molecule has 1 aliphatic heterocycles. The summed E-state index contributed by atoms with van der Waals surface area (Å²) in [6.45, 7) is 1.94. The van der Waals surface area contributed by atoms with Crippen LogP contribution in [-0.4, -0.2) is 8.42 Å². The molecular formula is C21H17INO2S+. The Kier molecular flexibility index (Phi) is 4.58. The molecule has 130 valence electrons. The maximum absolute atomic E-state index is 12.7. The Hall–Kier alpha value is -2.12. The number of anilines is 1. The number of sulfonamides is 1. The minimum atomic E-state index is -3.60. The van der Waals surface area contributed by atoms with Gasteiger partial charge in [-0.3, -0.25) is 4.72 Å². The summed E-state index contributed by atoms with van der Waals surface area (Å²) in [7, 11) is -3.60. The lowest BCUT2D eigenvalue weighted by atomic mass is 10.1. The molecule has 0 amide bonds. The first-order valence-corrected chi connectivity index (χ1v) is 11.8. The van der Waals surface area contributed by atoms with Crippen molar-refractivity contribution in [1.82, 2.24) is 0 Å². The first-order valence-electron chi connectivity index (χ1n) is 8.18. The second-order valence-corrected chi connectivity index (χ2v) is 10.4. The monoisotopic (exact) mass is 474 g/mol. The van der Waals surface area contributed by atoms with Crippen LogP contribution in [0.5, 0.6) is 0 Å². The predicted molar refractivity (Wildman–Crippen MR) is 102 cm³/mol. The highest BCUT2D eigenvalue weighted by atomic mass is 127. The normalized spacial score (nSPS) is 13.6. The van der Waals surface area contributed by atoms with Crippen LogP contribution < -0.4 is 25.9 Å². The highest BCUT2D eigenvalue weighted by molar-refractivity contribution is 7.92. The van der Waals surface area contributed by atoms with Gasteiger partial charge in [0.25, 0.3) is 17.2 Å². The number of hydrogen-bond acceptors (Lipinski definition) is 2. The quantitative estimate of drug-likeness (QED) is 0.573. The van der Waals surface area contributed by atoms with E-state index >= 15 is 0 Å². The molecule has 5 heteroatoms. The summed E-state index contributed by atoms with van der Waals surface area (Å²) >= 11 is -0.170. The molecule has 1 N–H and O–H groups in total. The van der Waals surface area contributed by atoms with E-state index in [9.17, 15) is 8.42 Å². The summed E-state index contributed by atoms with van der Waals surface area (Å²) in [4.78, 5) is 0.278. The van der Waals surface area contributed by atoms with E-state index in [0.29, 0.717) is 5.69 Å². The van der Waals surface area contributed by atoms with Gasteiger partial charge in [-0.2, -0.15) is 0 Å². The molecule has 0 spiro atoms. The summed E-state index contributed by atoms with van der Waals surface area (Å²) in [5.41, 5.74) is 3.92. The van der Waals surface area contributed by atoms with Crippen molar-refractivity contribution in [2.45, 2.75) is 11.8 Å². The van der Waals surface area contributed by atoms with Gasteiger partial charge >= 0.3 is 21.2 Å². The Bertz CT molecular complexity index is 1090. The van der Waals surface area contributed by atoms with E-state index in [4.69, 9.17) is 0 Å². The van der Waals surface area contributed by atoms with Crippen molar-refractivity contribution < 1.29 is 29.6 Å². The van der Waals surface area contributed by atoms with Crippen LogP contribution in [0.15, 0.2) is 83.8 Å². The molecule has 1 heterocycles. The van der Waals surface area contributed by atoms with E-state index in [1.165, 1.54) is 12.7 Å². The van der Waals surface area contributed by atoms with Crippen LogP contribution in [-0.2, 0) is 10.0 Å². The summed E-state index contributed by atoms with van der Waals surface area (Å²) < 4.78 is 30.9. The van der Waals surface area contributed by atoms with Crippen molar-refractivity contribution in [3.63, 3.8) is 0 Å². The topological polar surface area (TPSA) is 46.2 Å². The molecular weight excluding hydrogens is 457 g/mol. The van der Waals surface area contributed by atoms with Crippen molar-refractivity contribution in [3.05, 3.63) is 95.6 Å². The molecule has 0 unspecified atom stereocenters. The first kappa shape index (κ1) is 17.3. The molecule has 3 nitrogen and oxygen atoms in total. The largest absolute Gasteiger partial charge is 0.369 e.